The number of benzene rings is 1. The van der Waals surface area contributed by atoms with Crippen LogP contribution in [0.4, 0.5) is 8.78 Å². The van der Waals surface area contributed by atoms with E-state index in [9.17, 15) is 8.78 Å². The predicted octanol–water partition coefficient (Wildman–Crippen LogP) is 2.90. The Labute approximate surface area is 90.8 Å². The molecule has 0 N–H and O–H groups in total. The lowest BCUT2D eigenvalue weighted by molar-refractivity contribution is 0.585. The van der Waals surface area contributed by atoms with Crippen molar-refractivity contribution in [1.82, 2.24) is 4.98 Å². The molecule has 2 nitrogen and oxygen atoms in total. The highest BCUT2D eigenvalue weighted by Crippen LogP contribution is 2.21. The van der Waals surface area contributed by atoms with Gasteiger partial charge >= 0.3 is 0 Å². The zero-order chi connectivity index (χ0) is 11.5. The normalized spacial score (nSPS) is 9.81. The molecule has 0 saturated heterocycles. The van der Waals surface area contributed by atoms with E-state index in [0.29, 0.717) is 11.3 Å². The number of nitrogens with zero attached hydrogens (tertiary/aromatic N) is 2. The molecule has 1 aromatic carbocycles. The molecular weight excluding hydrogens is 210 g/mol. The van der Waals surface area contributed by atoms with Gasteiger partial charge in [-0.15, -0.1) is 0 Å². The number of hydrogen-bond donors (Lipinski definition) is 0. The van der Waals surface area contributed by atoms with Crippen LogP contribution in [0.15, 0.2) is 36.5 Å². The Hall–Kier alpha value is -2.28. The highest BCUT2D eigenvalue weighted by molar-refractivity contribution is 5.61. The third-order valence-corrected chi connectivity index (χ3v) is 2.10. The molecule has 78 valence electrons. The SMILES string of the molecule is N#Cc1ccnc(-c2ccc(F)cc2F)c1. The van der Waals surface area contributed by atoms with E-state index in [-0.39, 0.29) is 5.56 Å². The van der Waals surface area contributed by atoms with Crippen molar-refractivity contribution in [3.63, 3.8) is 0 Å². The topological polar surface area (TPSA) is 36.7 Å². The van der Waals surface area contributed by atoms with Gasteiger partial charge in [0.05, 0.1) is 17.3 Å². The van der Waals surface area contributed by atoms with Crippen LogP contribution in [0.2, 0.25) is 0 Å². The molecule has 0 unspecified atom stereocenters. The Bertz CT molecular complexity index is 573. The molecule has 0 bridgehead atoms. The summed E-state index contributed by atoms with van der Waals surface area (Å²) >= 11 is 0. The minimum Gasteiger partial charge on any atom is -0.256 e. The average Bonchev–Trinajstić information content (AvgIpc) is 2.29. The Balaban J connectivity index is 2.55. The Kier molecular flexibility index (Phi) is 2.61. The molecule has 0 atom stereocenters. The minimum atomic E-state index is -0.692. The highest BCUT2D eigenvalue weighted by atomic mass is 19.1. The molecule has 4 heteroatoms. The fourth-order valence-corrected chi connectivity index (χ4v) is 1.34. The first-order valence-corrected chi connectivity index (χ1v) is 4.52. The fraction of sp³-hybridized carbons (Fsp3) is 0. The van der Waals surface area contributed by atoms with Gasteiger partial charge in [-0.3, -0.25) is 4.98 Å². The van der Waals surface area contributed by atoms with Crippen molar-refractivity contribution in [1.29, 1.82) is 5.26 Å². The van der Waals surface area contributed by atoms with Gasteiger partial charge in [-0.2, -0.15) is 5.26 Å². The quantitative estimate of drug-likeness (QED) is 0.734. The lowest BCUT2D eigenvalue weighted by Crippen LogP contribution is -1.90. The highest BCUT2D eigenvalue weighted by Gasteiger charge is 2.07. The van der Waals surface area contributed by atoms with Crippen molar-refractivity contribution in [2.24, 2.45) is 0 Å². The standard InChI is InChI=1S/C12H6F2N2/c13-9-1-2-10(11(14)6-9)12-5-8(7-15)3-4-16-12/h1-6H. The summed E-state index contributed by atoms with van der Waals surface area (Å²) in [6.07, 6.45) is 1.41. The average molecular weight is 216 g/mol. The van der Waals surface area contributed by atoms with Gasteiger partial charge in [-0.25, -0.2) is 8.78 Å². The zero-order valence-electron chi connectivity index (χ0n) is 8.11. The Morgan fingerprint density at radius 1 is 1.12 bits per heavy atom. The van der Waals surface area contributed by atoms with Crippen LogP contribution < -0.4 is 0 Å². The van der Waals surface area contributed by atoms with Crippen molar-refractivity contribution < 1.29 is 8.78 Å². The second-order valence-electron chi connectivity index (χ2n) is 3.17. The molecule has 0 aliphatic rings. The minimum absolute atomic E-state index is 0.179. The van der Waals surface area contributed by atoms with Crippen molar-refractivity contribution in [2.75, 3.05) is 0 Å². The van der Waals surface area contributed by atoms with Gasteiger partial charge in [0.15, 0.2) is 0 Å². The maximum absolute atomic E-state index is 13.4. The second kappa shape index (κ2) is 4.07. The maximum Gasteiger partial charge on any atom is 0.135 e. The van der Waals surface area contributed by atoms with E-state index in [1.807, 2.05) is 6.07 Å². The molecule has 0 fully saturated rings. The lowest BCUT2D eigenvalue weighted by atomic mass is 10.1. The maximum atomic E-state index is 13.4. The molecule has 1 aromatic heterocycles. The number of hydrogen-bond acceptors (Lipinski definition) is 2. The molecule has 0 spiro atoms. The molecule has 0 aliphatic heterocycles. The molecule has 1 heterocycles. The monoisotopic (exact) mass is 216 g/mol. The molecule has 0 aliphatic carbocycles. The van der Waals surface area contributed by atoms with Gasteiger partial charge in [0.25, 0.3) is 0 Å². The number of halogens is 2. The first kappa shape index (κ1) is 10.2. The van der Waals surface area contributed by atoms with E-state index in [2.05, 4.69) is 4.98 Å². The summed E-state index contributed by atoms with van der Waals surface area (Å²) in [5.41, 5.74) is 0.878. The van der Waals surface area contributed by atoms with Crippen LogP contribution in [-0.2, 0) is 0 Å². The predicted molar refractivity (Wildman–Crippen MR) is 54.3 cm³/mol. The van der Waals surface area contributed by atoms with E-state index in [0.717, 1.165) is 12.1 Å². The summed E-state index contributed by atoms with van der Waals surface area (Å²) in [6, 6.07) is 8.14. The van der Waals surface area contributed by atoms with Crippen LogP contribution in [0.5, 0.6) is 0 Å². The van der Waals surface area contributed by atoms with Gasteiger partial charge in [0, 0.05) is 17.8 Å². The number of pyridine rings is 1. The fourth-order valence-electron chi connectivity index (χ4n) is 1.34. The summed E-state index contributed by atoms with van der Waals surface area (Å²) in [5.74, 6) is -1.33. The van der Waals surface area contributed by atoms with Crippen molar-refractivity contribution in [3.8, 4) is 17.3 Å². The summed E-state index contributed by atoms with van der Waals surface area (Å²) < 4.78 is 26.1. The van der Waals surface area contributed by atoms with Crippen molar-refractivity contribution in [3.05, 3.63) is 53.7 Å². The molecule has 2 rings (SSSR count). The van der Waals surface area contributed by atoms with Crippen molar-refractivity contribution >= 4 is 0 Å². The lowest BCUT2D eigenvalue weighted by Gasteiger charge is -2.02. The van der Waals surface area contributed by atoms with Gasteiger partial charge < -0.3 is 0 Å². The van der Waals surface area contributed by atoms with Crippen LogP contribution in [0.25, 0.3) is 11.3 Å². The Morgan fingerprint density at radius 3 is 2.62 bits per heavy atom. The number of nitriles is 1. The van der Waals surface area contributed by atoms with E-state index < -0.39 is 11.6 Å². The Morgan fingerprint density at radius 2 is 1.94 bits per heavy atom. The zero-order valence-corrected chi connectivity index (χ0v) is 8.11. The van der Waals surface area contributed by atoms with Gasteiger partial charge in [-0.05, 0) is 24.3 Å². The molecule has 2 aromatic rings. The van der Waals surface area contributed by atoms with E-state index in [4.69, 9.17) is 5.26 Å². The van der Waals surface area contributed by atoms with Crippen LogP contribution in [0.3, 0.4) is 0 Å². The van der Waals surface area contributed by atoms with Gasteiger partial charge in [-0.1, -0.05) is 0 Å². The van der Waals surface area contributed by atoms with E-state index >= 15 is 0 Å². The third kappa shape index (κ3) is 1.89. The molecule has 16 heavy (non-hydrogen) atoms. The number of rotatable bonds is 1. The van der Waals surface area contributed by atoms with Crippen LogP contribution in [0.1, 0.15) is 5.56 Å². The van der Waals surface area contributed by atoms with Crippen molar-refractivity contribution in [2.45, 2.75) is 0 Å². The van der Waals surface area contributed by atoms with E-state index in [1.165, 1.54) is 24.4 Å². The van der Waals surface area contributed by atoms with Crippen LogP contribution in [0, 0.1) is 23.0 Å². The largest absolute Gasteiger partial charge is 0.256 e. The molecule has 0 amide bonds. The van der Waals surface area contributed by atoms with E-state index in [1.54, 1.807) is 0 Å². The molecule has 0 radical (unpaired) electrons. The van der Waals surface area contributed by atoms with Crippen LogP contribution in [-0.4, -0.2) is 4.98 Å². The first-order valence-electron chi connectivity index (χ1n) is 4.52. The van der Waals surface area contributed by atoms with Gasteiger partial charge in [0.2, 0.25) is 0 Å². The second-order valence-corrected chi connectivity index (χ2v) is 3.17. The summed E-state index contributed by atoms with van der Waals surface area (Å²) in [7, 11) is 0. The third-order valence-electron chi connectivity index (χ3n) is 2.10. The first-order chi connectivity index (χ1) is 7.70. The molecule has 0 saturated carbocycles. The smallest absolute Gasteiger partial charge is 0.135 e. The van der Waals surface area contributed by atoms with Crippen LogP contribution >= 0.6 is 0 Å². The van der Waals surface area contributed by atoms with Gasteiger partial charge in [0.1, 0.15) is 11.6 Å². The summed E-state index contributed by atoms with van der Waals surface area (Å²) in [6.45, 7) is 0. The molecular formula is C12H6F2N2. The summed E-state index contributed by atoms with van der Waals surface area (Å²) in [5, 5.41) is 8.69. The number of aromatic nitrogens is 1. The summed E-state index contributed by atoms with van der Waals surface area (Å²) in [4.78, 5) is 3.93.